The van der Waals surface area contributed by atoms with Crippen molar-refractivity contribution < 1.29 is 4.74 Å². The molecule has 0 aliphatic heterocycles. The Morgan fingerprint density at radius 2 is 2.40 bits per heavy atom. The normalized spacial score (nSPS) is 9.40. The summed E-state index contributed by atoms with van der Waals surface area (Å²) in [7, 11) is 1.60. The molecule has 4 heteroatoms. The lowest BCUT2D eigenvalue weighted by atomic mass is 10.5. The van der Waals surface area contributed by atoms with Gasteiger partial charge in [0.05, 0.1) is 13.3 Å². The van der Waals surface area contributed by atoms with Crippen LogP contribution in [0.2, 0.25) is 0 Å². The van der Waals surface area contributed by atoms with Gasteiger partial charge in [-0.25, -0.2) is 0 Å². The maximum Gasteiger partial charge on any atom is 0.138 e. The summed E-state index contributed by atoms with van der Waals surface area (Å²) in [5.74, 6) is 0.732. The Labute approximate surface area is 63.7 Å². The number of methoxy groups -OCH3 is 1. The van der Waals surface area contributed by atoms with Crippen molar-refractivity contribution >= 4 is 11.9 Å². The Balaban J connectivity index is 2.87. The summed E-state index contributed by atoms with van der Waals surface area (Å²) >= 11 is 1.16. The summed E-state index contributed by atoms with van der Waals surface area (Å²) in [6.07, 6.45) is 3.33. The van der Waals surface area contributed by atoms with E-state index in [1.807, 2.05) is 6.07 Å². The van der Waals surface area contributed by atoms with Gasteiger partial charge in [-0.15, -0.1) is 0 Å². The first-order chi connectivity index (χ1) is 4.86. The number of rotatable bonds is 2. The standard InChI is InChI=1S/C6H8N2OS/c1-9-5-2-6(10-7)4-8-3-5/h2-4H,7H2,1H3. The number of hydrogen-bond donors (Lipinski definition) is 1. The smallest absolute Gasteiger partial charge is 0.138 e. The number of hydrogen-bond acceptors (Lipinski definition) is 4. The summed E-state index contributed by atoms with van der Waals surface area (Å²) in [4.78, 5) is 4.80. The summed E-state index contributed by atoms with van der Waals surface area (Å²) in [5, 5.41) is 5.29. The molecule has 3 nitrogen and oxygen atoms in total. The predicted molar refractivity (Wildman–Crippen MR) is 40.8 cm³/mol. The molecule has 1 aromatic rings. The van der Waals surface area contributed by atoms with E-state index in [-0.39, 0.29) is 0 Å². The molecule has 0 spiro atoms. The third-order valence-corrected chi connectivity index (χ3v) is 1.56. The predicted octanol–water partition coefficient (Wildman–Crippen LogP) is 1.06. The molecule has 1 aromatic heterocycles. The first-order valence-corrected chi connectivity index (χ1v) is 3.60. The van der Waals surface area contributed by atoms with E-state index in [0.29, 0.717) is 0 Å². The van der Waals surface area contributed by atoms with E-state index in [2.05, 4.69) is 4.98 Å². The van der Waals surface area contributed by atoms with Crippen LogP contribution in [0.4, 0.5) is 0 Å². The highest BCUT2D eigenvalue weighted by Gasteiger charge is 1.92. The van der Waals surface area contributed by atoms with Crippen LogP contribution in [0.5, 0.6) is 5.75 Å². The van der Waals surface area contributed by atoms with E-state index in [9.17, 15) is 0 Å². The number of nitrogens with zero attached hydrogens (tertiary/aromatic N) is 1. The fraction of sp³-hybridized carbons (Fsp3) is 0.167. The second kappa shape index (κ2) is 3.43. The maximum absolute atomic E-state index is 5.29. The molecule has 10 heavy (non-hydrogen) atoms. The van der Waals surface area contributed by atoms with E-state index < -0.39 is 0 Å². The quantitative estimate of drug-likeness (QED) is 0.650. The highest BCUT2D eigenvalue weighted by atomic mass is 32.2. The summed E-state index contributed by atoms with van der Waals surface area (Å²) in [6.45, 7) is 0. The molecule has 1 heterocycles. The topological polar surface area (TPSA) is 48.1 Å². The lowest BCUT2D eigenvalue weighted by molar-refractivity contribution is 0.411. The Morgan fingerprint density at radius 1 is 1.60 bits per heavy atom. The molecule has 0 amide bonds. The fourth-order valence-corrected chi connectivity index (χ4v) is 0.881. The molecule has 0 aliphatic rings. The molecular weight excluding hydrogens is 148 g/mol. The van der Waals surface area contributed by atoms with Crippen molar-refractivity contribution in [1.82, 2.24) is 4.98 Å². The summed E-state index contributed by atoms with van der Waals surface area (Å²) in [6, 6.07) is 1.83. The Bertz CT molecular complexity index is 197. The van der Waals surface area contributed by atoms with Crippen molar-refractivity contribution in [3.8, 4) is 5.75 Å². The van der Waals surface area contributed by atoms with Crippen LogP contribution in [0.1, 0.15) is 0 Å². The molecule has 1 rings (SSSR count). The molecule has 0 radical (unpaired) electrons. The van der Waals surface area contributed by atoms with Crippen LogP contribution in [-0.2, 0) is 0 Å². The average Bonchev–Trinajstić information content (AvgIpc) is 2.05. The Hall–Kier alpha value is -0.740. The van der Waals surface area contributed by atoms with Crippen molar-refractivity contribution in [3.63, 3.8) is 0 Å². The molecule has 54 valence electrons. The maximum atomic E-state index is 5.29. The van der Waals surface area contributed by atoms with Crippen molar-refractivity contribution in [2.24, 2.45) is 5.14 Å². The molecule has 0 saturated heterocycles. The van der Waals surface area contributed by atoms with Gasteiger partial charge in [-0.05, 0) is 18.0 Å². The van der Waals surface area contributed by atoms with Crippen molar-refractivity contribution in [2.45, 2.75) is 4.90 Å². The lowest BCUT2D eigenvalue weighted by Crippen LogP contribution is -1.86. The largest absolute Gasteiger partial charge is 0.495 e. The molecule has 0 unspecified atom stereocenters. The van der Waals surface area contributed by atoms with Crippen molar-refractivity contribution in [2.75, 3.05) is 7.11 Å². The van der Waals surface area contributed by atoms with Gasteiger partial charge in [0.15, 0.2) is 0 Å². The minimum atomic E-state index is 0.732. The highest BCUT2D eigenvalue weighted by molar-refractivity contribution is 7.97. The van der Waals surface area contributed by atoms with Gasteiger partial charge in [0.2, 0.25) is 0 Å². The molecule has 0 atom stereocenters. The molecule has 0 saturated carbocycles. The lowest BCUT2D eigenvalue weighted by Gasteiger charge is -1.98. The minimum Gasteiger partial charge on any atom is -0.495 e. The van der Waals surface area contributed by atoms with Gasteiger partial charge in [-0.2, -0.15) is 0 Å². The van der Waals surface area contributed by atoms with E-state index in [4.69, 9.17) is 9.88 Å². The van der Waals surface area contributed by atoms with Gasteiger partial charge in [-0.1, -0.05) is 0 Å². The number of aromatic nitrogens is 1. The highest BCUT2D eigenvalue weighted by Crippen LogP contribution is 2.15. The summed E-state index contributed by atoms with van der Waals surface area (Å²) < 4.78 is 4.93. The second-order valence-electron chi connectivity index (χ2n) is 1.68. The van der Waals surface area contributed by atoms with Crippen molar-refractivity contribution in [1.29, 1.82) is 0 Å². The molecule has 0 fully saturated rings. The van der Waals surface area contributed by atoms with Crippen LogP contribution in [0.15, 0.2) is 23.4 Å². The summed E-state index contributed by atoms with van der Waals surface area (Å²) in [5.41, 5.74) is 0. The van der Waals surface area contributed by atoms with Gasteiger partial charge in [0, 0.05) is 11.1 Å². The van der Waals surface area contributed by atoms with Gasteiger partial charge in [0.25, 0.3) is 0 Å². The van der Waals surface area contributed by atoms with E-state index in [1.54, 1.807) is 19.5 Å². The van der Waals surface area contributed by atoms with Gasteiger partial charge in [-0.3, -0.25) is 10.1 Å². The molecule has 2 N–H and O–H groups in total. The van der Waals surface area contributed by atoms with Crippen molar-refractivity contribution in [3.05, 3.63) is 18.5 Å². The molecular formula is C6H8N2OS. The van der Waals surface area contributed by atoms with Crippen LogP contribution < -0.4 is 9.88 Å². The first-order valence-electron chi connectivity index (χ1n) is 2.72. The van der Waals surface area contributed by atoms with Crippen LogP contribution in [0, 0.1) is 0 Å². The van der Waals surface area contributed by atoms with E-state index >= 15 is 0 Å². The van der Waals surface area contributed by atoms with Gasteiger partial charge in [0.1, 0.15) is 5.75 Å². The van der Waals surface area contributed by atoms with Crippen LogP contribution in [0.25, 0.3) is 0 Å². The molecule has 0 aromatic carbocycles. The third-order valence-electron chi connectivity index (χ3n) is 1.06. The van der Waals surface area contributed by atoms with Crippen LogP contribution >= 0.6 is 11.9 Å². The average molecular weight is 156 g/mol. The second-order valence-corrected chi connectivity index (χ2v) is 2.39. The van der Waals surface area contributed by atoms with Crippen LogP contribution in [0.3, 0.4) is 0 Å². The Morgan fingerprint density at radius 3 is 3.00 bits per heavy atom. The van der Waals surface area contributed by atoms with E-state index in [1.165, 1.54) is 0 Å². The number of ether oxygens (including phenoxy) is 1. The SMILES string of the molecule is COc1cncc(SN)c1. The Kier molecular flexibility index (Phi) is 2.53. The monoisotopic (exact) mass is 156 g/mol. The molecule has 0 bridgehead atoms. The minimum absolute atomic E-state index is 0.732. The first kappa shape index (κ1) is 7.37. The zero-order valence-corrected chi connectivity index (χ0v) is 6.39. The fourth-order valence-electron chi connectivity index (χ4n) is 0.575. The molecule has 0 aliphatic carbocycles. The van der Waals surface area contributed by atoms with Crippen LogP contribution in [-0.4, -0.2) is 12.1 Å². The number of pyridine rings is 1. The van der Waals surface area contributed by atoms with Gasteiger partial charge >= 0.3 is 0 Å². The van der Waals surface area contributed by atoms with E-state index in [0.717, 1.165) is 22.6 Å². The van der Waals surface area contributed by atoms with Gasteiger partial charge < -0.3 is 4.74 Å². The third kappa shape index (κ3) is 1.62. The number of nitrogens with two attached hydrogens (primary N) is 1. The zero-order chi connectivity index (χ0) is 7.40. The zero-order valence-electron chi connectivity index (χ0n) is 5.57.